The van der Waals surface area contributed by atoms with E-state index in [1.807, 2.05) is 24.3 Å². The van der Waals surface area contributed by atoms with Crippen molar-refractivity contribution in [2.75, 3.05) is 26.4 Å². The number of benzene rings is 1. The van der Waals surface area contributed by atoms with Crippen molar-refractivity contribution in [1.82, 2.24) is 5.32 Å². The molecule has 1 heterocycles. The summed E-state index contributed by atoms with van der Waals surface area (Å²) in [5.74, 6) is -0.217. The van der Waals surface area contributed by atoms with Crippen molar-refractivity contribution in [3.63, 3.8) is 0 Å². The molecule has 1 aromatic rings. The molecule has 0 radical (unpaired) electrons. The van der Waals surface area contributed by atoms with E-state index >= 15 is 0 Å². The molecule has 2 atom stereocenters. The molecule has 2 N–H and O–H groups in total. The molecule has 5 heteroatoms. The van der Waals surface area contributed by atoms with E-state index < -0.39 is 11.7 Å². The highest BCUT2D eigenvalue weighted by Gasteiger charge is 2.35. The highest BCUT2D eigenvalue weighted by molar-refractivity contribution is 5.81. The minimum Gasteiger partial charge on any atom is -0.383 e. The molecule has 0 spiro atoms. The van der Waals surface area contributed by atoms with Crippen LogP contribution in [-0.2, 0) is 26.3 Å². The number of hydrogen-bond donors (Lipinski definition) is 2. The SMILES string of the molecule is O=C(NCC1(O)CCCc2ccccc21)C1COCCO1. The number of carbonyl (C=O) groups is 1. The maximum absolute atomic E-state index is 12.1. The number of ether oxygens (including phenoxy) is 2. The van der Waals surface area contributed by atoms with E-state index in [9.17, 15) is 9.90 Å². The van der Waals surface area contributed by atoms with Gasteiger partial charge in [-0.3, -0.25) is 4.79 Å². The lowest BCUT2D eigenvalue weighted by Crippen LogP contribution is -2.48. The Kier molecular flexibility index (Phi) is 4.24. The molecule has 0 aromatic heterocycles. The second-order valence-electron chi connectivity index (χ2n) is 5.69. The first kappa shape index (κ1) is 14.5. The van der Waals surface area contributed by atoms with E-state index in [2.05, 4.69) is 5.32 Å². The molecule has 1 fully saturated rings. The zero-order chi connectivity index (χ0) is 14.7. The van der Waals surface area contributed by atoms with E-state index in [0.29, 0.717) is 19.6 Å². The Bertz CT molecular complexity index is 513. The van der Waals surface area contributed by atoms with Gasteiger partial charge in [-0.05, 0) is 30.4 Å². The van der Waals surface area contributed by atoms with Gasteiger partial charge in [0.05, 0.1) is 26.4 Å². The van der Waals surface area contributed by atoms with Gasteiger partial charge in [-0.15, -0.1) is 0 Å². The Labute approximate surface area is 124 Å². The monoisotopic (exact) mass is 291 g/mol. The van der Waals surface area contributed by atoms with Crippen molar-refractivity contribution < 1.29 is 19.4 Å². The lowest BCUT2D eigenvalue weighted by Gasteiger charge is -2.35. The van der Waals surface area contributed by atoms with Gasteiger partial charge in [-0.1, -0.05) is 24.3 Å². The third-order valence-electron chi connectivity index (χ3n) is 4.22. The van der Waals surface area contributed by atoms with E-state index in [4.69, 9.17) is 9.47 Å². The average Bonchev–Trinajstić information content (AvgIpc) is 2.54. The fraction of sp³-hybridized carbons (Fsp3) is 0.562. The van der Waals surface area contributed by atoms with Crippen LogP contribution in [0.2, 0.25) is 0 Å². The first-order valence-corrected chi connectivity index (χ1v) is 7.47. The molecule has 5 nitrogen and oxygen atoms in total. The highest BCUT2D eigenvalue weighted by atomic mass is 16.6. The molecule has 1 aromatic carbocycles. The largest absolute Gasteiger partial charge is 0.383 e. The molecular formula is C16H21NO4. The lowest BCUT2D eigenvalue weighted by molar-refractivity contribution is -0.148. The predicted molar refractivity (Wildman–Crippen MR) is 76.8 cm³/mol. The van der Waals surface area contributed by atoms with Crippen LogP contribution in [0.1, 0.15) is 24.0 Å². The summed E-state index contributed by atoms with van der Waals surface area (Å²) in [6, 6.07) is 7.89. The zero-order valence-corrected chi connectivity index (χ0v) is 12.0. The van der Waals surface area contributed by atoms with Crippen molar-refractivity contribution >= 4 is 5.91 Å². The second kappa shape index (κ2) is 6.13. The third-order valence-corrected chi connectivity index (χ3v) is 4.22. The Balaban J connectivity index is 1.66. The number of hydrogen-bond acceptors (Lipinski definition) is 4. The van der Waals surface area contributed by atoms with Crippen molar-refractivity contribution in [2.24, 2.45) is 0 Å². The summed E-state index contributed by atoms with van der Waals surface area (Å²) in [6.07, 6.45) is 1.99. The predicted octanol–water partition coefficient (Wildman–Crippen LogP) is 0.742. The summed E-state index contributed by atoms with van der Waals surface area (Å²) < 4.78 is 10.6. The summed E-state index contributed by atoms with van der Waals surface area (Å²) in [4.78, 5) is 12.1. The Morgan fingerprint density at radius 2 is 2.24 bits per heavy atom. The first-order valence-electron chi connectivity index (χ1n) is 7.47. The lowest BCUT2D eigenvalue weighted by atomic mass is 9.79. The average molecular weight is 291 g/mol. The zero-order valence-electron chi connectivity index (χ0n) is 12.0. The Morgan fingerprint density at radius 1 is 1.38 bits per heavy atom. The molecule has 1 amide bonds. The van der Waals surface area contributed by atoms with Gasteiger partial charge >= 0.3 is 0 Å². The number of fused-ring (bicyclic) bond motifs is 1. The Morgan fingerprint density at radius 3 is 3.05 bits per heavy atom. The van der Waals surface area contributed by atoms with Gasteiger partial charge in [0.15, 0.2) is 6.10 Å². The van der Waals surface area contributed by atoms with Crippen LogP contribution < -0.4 is 5.32 Å². The van der Waals surface area contributed by atoms with Gasteiger partial charge in [0.1, 0.15) is 5.60 Å². The molecule has 2 aliphatic rings. The number of amides is 1. The maximum Gasteiger partial charge on any atom is 0.251 e. The maximum atomic E-state index is 12.1. The van der Waals surface area contributed by atoms with Gasteiger partial charge in [0, 0.05) is 0 Å². The summed E-state index contributed by atoms with van der Waals surface area (Å²) in [7, 11) is 0. The number of aliphatic hydroxyl groups is 1. The number of nitrogens with one attached hydrogen (secondary N) is 1. The molecule has 1 saturated heterocycles. The van der Waals surface area contributed by atoms with E-state index in [1.54, 1.807) is 0 Å². The number of aryl methyl sites for hydroxylation is 1. The topological polar surface area (TPSA) is 67.8 Å². The molecule has 1 aliphatic heterocycles. The van der Waals surface area contributed by atoms with Gasteiger partial charge in [0.25, 0.3) is 5.91 Å². The van der Waals surface area contributed by atoms with Crippen LogP contribution in [0, 0.1) is 0 Å². The number of carbonyl (C=O) groups excluding carboxylic acids is 1. The second-order valence-corrected chi connectivity index (χ2v) is 5.69. The van der Waals surface area contributed by atoms with E-state index in [-0.39, 0.29) is 19.1 Å². The van der Waals surface area contributed by atoms with Crippen molar-refractivity contribution in [3.8, 4) is 0 Å². The fourth-order valence-electron chi connectivity index (χ4n) is 3.07. The summed E-state index contributed by atoms with van der Waals surface area (Å²) in [5.41, 5.74) is 1.11. The van der Waals surface area contributed by atoms with Crippen LogP contribution in [-0.4, -0.2) is 43.5 Å². The molecule has 1 aliphatic carbocycles. The Hall–Kier alpha value is -1.43. The van der Waals surface area contributed by atoms with Crippen LogP contribution in [0.3, 0.4) is 0 Å². The molecule has 114 valence electrons. The van der Waals surface area contributed by atoms with Gasteiger partial charge in [-0.25, -0.2) is 0 Å². The van der Waals surface area contributed by atoms with Crippen LogP contribution in [0.5, 0.6) is 0 Å². The van der Waals surface area contributed by atoms with Gasteiger partial charge in [-0.2, -0.15) is 0 Å². The third kappa shape index (κ3) is 3.10. The summed E-state index contributed by atoms with van der Waals surface area (Å²) in [6.45, 7) is 1.45. The number of rotatable bonds is 3. The smallest absolute Gasteiger partial charge is 0.251 e. The van der Waals surface area contributed by atoms with Crippen LogP contribution >= 0.6 is 0 Å². The first-order chi connectivity index (χ1) is 10.2. The quantitative estimate of drug-likeness (QED) is 0.862. The molecule has 0 saturated carbocycles. The van der Waals surface area contributed by atoms with Crippen LogP contribution in [0.15, 0.2) is 24.3 Å². The minimum atomic E-state index is -0.986. The fourth-order valence-corrected chi connectivity index (χ4v) is 3.07. The van der Waals surface area contributed by atoms with Crippen molar-refractivity contribution in [1.29, 1.82) is 0 Å². The molecule has 0 bridgehead atoms. The van der Waals surface area contributed by atoms with Gasteiger partial charge in [0.2, 0.25) is 0 Å². The molecule has 3 rings (SSSR count). The van der Waals surface area contributed by atoms with Crippen molar-refractivity contribution in [2.45, 2.75) is 31.0 Å². The molecular weight excluding hydrogens is 270 g/mol. The summed E-state index contributed by atoms with van der Waals surface area (Å²) >= 11 is 0. The van der Waals surface area contributed by atoms with Crippen LogP contribution in [0.4, 0.5) is 0 Å². The van der Waals surface area contributed by atoms with Gasteiger partial charge < -0.3 is 19.9 Å². The highest BCUT2D eigenvalue weighted by Crippen LogP contribution is 2.34. The molecule has 2 unspecified atom stereocenters. The van der Waals surface area contributed by atoms with Crippen LogP contribution in [0.25, 0.3) is 0 Å². The van der Waals surface area contributed by atoms with E-state index in [0.717, 1.165) is 24.0 Å². The summed E-state index contributed by atoms with van der Waals surface area (Å²) in [5, 5.41) is 13.7. The normalized spacial score (nSPS) is 28.7. The van der Waals surface area contributed by atoms with Crippen molar-refractivity contribution in [3.05, 3.63) is 35.4 Å². The standard InChI is InChI=1S/C16H21NO4/c18-15(14-10-20-8-9-21-14)17-11-16(19)7-3-5-12-4-1-2-6-13(12)16/h1-2,4,6,14,19H,3,5,7-11H2,(H,17,18). The molecule has 21 heavy (non-hydrogen) atoms. The minimum absolute atomic E-state index is 0.211. The van der Waals surface area contributed by atoms with E-state index in [1.165, 1.54) is 0 Å².